The zero-order valence-electron chi connectivity index (χ0n) is 13.8. The molecule has 1 fully saturated rings. The van der Waals surface area contributed by atoms with E-state index in [0.717, 1.165) is 0 Å². The molecule has 0 spiro atoms. The normalized spacial score (nSPS) is 15.8. The number of halogens is 4. The van der Waals surface area contributed by atoms with Crippen molar-refractivity contribution >= 4 is 62.3 Å². The van der Waals surface area contributed by atoms with Crippen LogP contribution in [0, 0.1) is 0 Å². The van der Waals surface area contributed by atoms with Crippen LogP contribution in [0.25, 0.3) is 0 Å². The molecule has 10 heteroatoms. The van der Waals surface area contributed by atoms with Gasteiger partial charge in [0, 0.05) is 31.2 Å². The van der Waals surface area contributed by atoms with Crippen molar-refractivity contribution in [1.29, 1.82) is 0 Å². The Morgan fingerprint density at radius 1 is 0.889 bits per heavy atom. The van der Waals surface area contributed by atoms with Gasteiger partial charge in [0.15, 0.2) is 0 Å². The molecule has 1 amide bonds. The van der Waals surface area contributed by atoms with Gasteiger partial charge < -0.3 is 4.90 Å². The molecule has 0 aliphatic carbocycles. The molecule has 0 unspecified atom stereocenters. The summed E-state index contributed by atoms with van der Waals surface area (Å²) < 4.78 is 27.0. The highest BCUT2D eigenvalue weighted by Crippen LogP contribution is 2.31. The third kappa shape index (κ3) is 4.21. The summed E-state index contributed by atoms with van der Waals surface area (Å²) in [5, 5.41) is 0.857. The molecular formula is C17H14Cl4N2O3S. The van der Waals surface area contributed by atoms with Gasteiger partial charge in [-0.3, -0.25) is 4.79 Å². The molecule has 0 radical (unpaired) electrons. The van der Waals surface area contributed by atoms with Crippen molar-refractivity contribution < 1.29 is 13.2 Å². The fourth-order valence-corrected chi connectivity index (χ4v) is 5.31. The van der Waals surface area contributed by atoms with Crippen LogP contribution < -0.4 is 0 Å². The number of nitrogens with zero attached hydrogens (tertiary/aromatic N) is 2. The molecule has 2 aromatic carbocycles. The second-order valence-corrected chi connectivity index (χ2v) is 9.41. The molecular weight excluding hydrogens is 454 g/mol. The minimum absolute atomic E-state index is 0.0108. The van der Waals surface area contributed by atoms with Gasteiger partial charge in [-0.05, 0) is 30.3 Å². The van der Waals surface area contributed by atoms with Crippen LogP contribution in [0.3, 0.4) is 0 Å². The molecule has 0 bridgehead atoms. The van der Waals surface area contributed by atoms with E-state index in [4.69, 9.17) is 46.4 Å². The molecule has 2 aromatic rings. The van der Waals surface area contributed by atoms with Gasteiger partial charge in [0.2, 0.25) is 10.0 Å². The number of amides is 1. The van der Waals surface area contributed by atoms with E-state index in [2.05, 4.69) is 0 Å². The maximum absolute atomic E-state index is 12.8. The van der Waals surface area contributed by atoms with Gasteiger partial charge in [-0.15, -0.1) is 0 Å². The van der Waals surface area contributed by atoms with E-state index in [1.807, 2.05) is 0 Å². The summed E-state index contributed by atoms with van der Waals surface area (Å²) in [6.45, 7) is 0.711. The molecule has 1 aliphatic rings. The molecule has 144 valence electrons. The number of carbonyl (C=O) groups excluding carboxylic acids is 1. The maximum Gasteiger partial charge on any atom is 0.255 e. The Morgan fingerprint density at radius 2 is 1.56 bits per heavy atom. The first kappa shape index (κ1) is 20.7. The Balaban J connectivity index is 1.76. The largest absolute Gasteiger partial charge is 0.336 e. The van der Waals surface area contributed by atoms with Crippen molar-refractivity contribution in [2.45, 2.75) is 4.90 Å². The number of hydrogen-bond acceptors (Lipinski definition) is 3. The van der Waals surface area contributed by atoms with Gasteiger partial charge in [0.25, 0.3) is 5.91 Å². The second kappa shape index (κ2) is 8.15. The first-order valence-electron chi connectivity index (χ1n) is 7.90. The van der Waals surface area contributed by atoms with Crippen LogP contribution in [0.1, 0.15) is 10.4 Å². The van der Waals surface area contributed by atoms with Gasteiger partial charge in [-0.2, -0.15) is 4.31 Å². The number of benzene rings is 2. The Bertz CT molecular complexity index is 990. The van der Waals surface area contributed by atoms with Crippen LogP contribution in [-0.2, 0) is 10.0 Å². The van der Waals surface area contributed by atoms with Gasteiger partial charge in [-0.1, -0.05) is 52.5 Å². The Hall–Kier alpha value is -1.02. The lowest BCUT2D eigenvalue weighted by Gasteiger charge is -2.34. The van der Waals surface area contributed by atoms with Crippen molar-refractivity contribution in [2.24, 2.45) is 0 Å². The van der Waals surface area contributed by atoms with E-state index in [1.165, 1.54) is 28.6 Å². The van der Waals surface area contributed by atoms with Crippen molar-refractivity contribution in [3.05, 3.63) is 62.1 Å². The summed E-state index contributed by atoms with van der Waals surface area (Å²) >= 11 is 24.0. The Morgan fingerprint density at radius 3 is 2.22 bits per heavy atom. The third-order valence-electron chi connectivity index (χ3n) is 4.22. The maximum atomic E-state index is 12.8. The van der Waals surface area contributed by atoms with Crippen LogP contribution in [0.15, 0.2) is 41.3 Å². The van der Waals surface area contributed by atoms with Crippen LogP contribution in [0.5, 0.6) is 0 Å². The fourth-order valence-electron chi connectivity index (χ4n) is 2.79. The molecule has 0 N–H and O–H groups in total. The van der Waals surface area contributed by atoms with Crippen molar-refractivity contribution in [1.82, 2.24) is 9.21 Å². The average Bonchev–Trinajstić information content (AvgIpc) is 2.65. The van der Waals surface area contributed by atoms with E-state index in [1.54, 1.807) is 17.0 Å². The monoisotopic (exact) mass is 466 g/mol. The highest BCUT2D eigenvalue weighted by molar-refractivity contribution is 7.89. The van der Waals surface area contributed by atoms with E-state index >= 15 is 0 Å². The molecule has 1 saturated heterocycles. The predicted molar refractivity (Wildman–Crippen MR) is 108 cm³/mol. The minimum Gasteiger partial charge on any atom is -0.336 e. The highest BCUT2D eigenvalue weighted by atomic mass is 35.5. The number of rotatable bonds is 3. The first-order chi connectivity index (χ1) is 12.7. The molecule has 3 rings (SSSR count). The topological polar surface area (TPSA) is 57.7 Å². The standard InChI is InChI=1S/C17H14Cl4N2O3S/c18-11-4-5-13(19)12(10-11)17(24)22-6-8-23(9-7-22)27(25,26)15-3-1-2-14(20)16(15)21/h1-5,10H,6-9H2. The molecule has 27 heavy (non-hydrogen) atoms. The molecule has 1 heterocycles. The van der Waals surface area contributed by atoms with Crippen molar-refractivity contribution in [2.75, 3.05) is 26.2 Å². The summed E-state index contributed by atoms with van der Waals surface area (Å²) in [7, 11) is -3.81. The Kier molecular flexibility index (Phi) is 6.25. The lowest BCUT2D eigenvalue weighted by molar-refractivity contribution is 0.0698. The van der Waals surface area contributed by atoms with E-state index in [9.17, 15) is 13.2 Å². The van der Waals surface area contributed by atoms with Gasteiger partial charge in [0.05, 0.1) is 20.6 Å². The van der Waals surface area contributed by atoms with Crippen LogP contribution >= 0.6 is 46.4 Å². The number of piperazine rings is 1. The first-order valence-corrected chi connectivity index (χ1v) is 10.9. The third-order valence-corrected chi connectivity index (χ3v) is 7.66. The fraction of sp³-hybridized carbons (Fsp3) is 0.235. The number of hydrogen-bond donors (Lipinski definition) is 0. The summed E-state index contributed by atoms with van der Waals surface area (Å²) in [6.07, 6.45) is 0. The van der Waals surface area contributed by atoms with Crippen molar-refractivity contribution in [3.63, 3.8) is 0 Å². The second-order valence-electron chi connectivity index (χ2n) is 5.87. The minimum atomic E-state index is -3.81. The zero-order valence-corrected chi connectivity index (χ0v) is 17.7. The SMILES string of the molecule is O=C(c1cc(Cl)ccc1Cl)N1CCN(S(=O)(=O)c2cccc(Cl)c2Cl)CC1. The smallest absolute Gasteiger partial charge is 0.255 e. The van der Waals surface area contributed by atoms with Gasteiger partial charge >= 0.3 is 0 Å². The molecule has 5 nitrogen and oxygen atoms in total. The Labute approximate surface area is 177 Å². The van der Waals surface area contributed by atoms with E-state index in [0.29, 0.717) is 15.6 Å². The highest BCUT2D eigenvalue weighted by Gasteiger charge is 2.32. The van der Waals surface area contributed by atoms with Gasteiger partial charge in [0.1, 0.15) is 4.90 Å². The lowest BCUT2D eigenvalue weighted by atomic mass is 10.2. The summed E-state index contributed by atoms with van der Waals surface area (Å²) in [6, 6.07) is 9.11. The van der Waals surface area contributed by atoms with Crippen molar-refractivity contribution in [3.8, 4) is 0 Å². The summed E-state index contributed by atoms with van der Waals surface area (Å²) in [5.74, 6) is -0.291. The van der Waals surface area contributed by atoms with Gasteiger partial charge in [-0.25, -0.2) is 8.42 Å². The molecule has 0 atom stereocenters. The molecule has 0 saturated carbocycles. The number of carbonyl (C=O) groups is 1. The van der Waals surface area contributed by atoms with Crippen LogP contribution in [0.2, 0.25) is 20.1 Å². The summed E-state index contributed by atoms with van der Waals surface area (Å²) in [5.41, 5.74) is 0.290. The summed E-state index contributed by atoms with van der Waals surface area (Å²) in [4.78, 5) is 14.2. The lowest BCUT2D eigenvalue weighted by Crippen LogP contribution is -2.50. The average molecular weight is 468 g/mol. The molecule has 1 aliphatic heterocycles. The van der Waals surface area contributed by atoms with Crippen LogP contribution in [0.4, 0.5) is 0 Å². The zero-order chi connectivity index (χ0) is 19.8. The van der Waals surface area contributed by atoms with E-state index < -0.39 is 10.0 Å². The quantitative estimate of drug-likeness (QED) is 0.670. The van der Waals surface area contributed by atoms with E-state index in [-0.39, 0.29) is 47.0 Å². The van der Waals surface area contributed by atoms with Crippen LogP contribution in [-0.4, -0.2) is 49.7 Å². The predicted octanol–water partition coefficient (Wildman–Crippen LogP) is 4.45. The number of sulfonamides is 1. The molecule has 0 aromatic heterocycles.